The Bertz CT molecular complexity index is 567. The molecular weight excluding hydrogens is 278 g/mol. The molecule has 0 bridgehead atoms. The second kappa shape index (κ2) is 6.38. The van der Waals surface area contributed by atoms with Crippen molar-refractivity contribution in [2.24, 2.45) is 5.73 Å². The van der Waals surface area contributed by atoms with E-state index in [1.54, 1.807) is 4.90 Å². The summed E-state index contributed by atoms with van der Waals surface area (Å²) in [5.41, 5.74) is 7.52. The summed E-state index contributed by atoms with van der Waals surface area (Å²) in [6, 6.07) is 8.36. The molecule has 0 saturated carbocycles. The molecule has 1 atom stereocenters. The molecule has 2 fully saturated rings. The van der Waals surface area contributed by atoms with E-state index in [-0.39, 0.29) is 6.04 Å². The van der Waals surface area contributed by atoms with Crippen LogP contribution in [0.15, 0.2) is 24.3 Å². The quantitative estimate of drug-likeness (QED) is 0.847. The molecule has 3 rings (SSSR count). The second-order valence-corrected chi connectivity index (χ2v) is 6.16. The first-order valence-corrected chi connectivity index (χ1v) is 8.12. The first kappa shape index (κ1) is 14.9. The van der Waals surface area contributed by atoms with Gasteiger partial charge in [-0.2, -0.15) is 0 Å². The van der Waals surface area contributed by atoms with Gasteiger partial charge in [-0.25, -0.2) is 0 Å². The molecule has 2 N–H and O–H groups in total. The van der Waals surface area contributed by atoms with E-state index in [2.05, 4.69) is 23.1 Å². The van der Waals surface area contributed by atoms with Crippen molar-refractivity contribution in [1.82, 2.24) is 4.90 Å². The number of anilines is 1. The van der Waals surface area contributed by atoms with Crippen molar-refractivity contribution in [2.45, 2.75) is 38.1 Å². The summed E-state index contributed by atoms with van der Waals surface area (Å²) in [5, 5.41) is 0. The fraction of sp³-hybridized carbons (Fsp3) is 0.529. The monoisotopic (exact) mass is 301 g/mol. The number of carbonyl (C=O) groups excluding carboxylic acids is 2. The predicted octanol–water partition coefficient (Wildman–Crippen LogP) is 1.83. The van der Waals surface area contributed by atoms with E-state index in [4.69, 9.17) is 5.73 Å². The van der Waals surface area contributed by atoms with Crippen LogP contribution in [0.3, 0.4) is 0 Å². The van der Waals surface area contributed by atoms with Crippen molar-refractivity contribution < 1.29 is 9.59 Å². The summed E-state index contributed by atoms with van der Waals surface area (Å²) >= 11 is 0. The van der Waals surface area contributed by atoms with Gasteiger partial charge in [-0.05, 0) is 49.8 Å². The minimum Gasteiger partial charge on any atom is -0.372 e. The Balaban J connectivity index is 1.85. The largest absolute Gasteiger partial charge is 0.372 e. The molecule has 2 aliphatic rings. The molecule has 0 aromatic heterocycles. The molecule has 5 nitrogen and oxygen atoms in total. The summed E-state index contributed by atoms with van der Waals surface area (Å²) in [7, 11) is 0. The molecule has 2 aliphatic heterocycles. The molecule has 2 amide bonds. The van der Waals surface area contributed by atoms with Crippen LogP contribution in [0.4, 0.5) is 5.69 Å². The van der Waals surface area contributed by atoms with E-state index in [1.165, 1.54) is 18.5 Å². The van der Waals surface area contributed by atoms with E-state index >= 15 is 0 Å². The van der Waals surface area contributed by atoms with Gasteiger partial charge in [0.2, 0.25) is 0 Å². The van der Waals surface area contributed by atoms with Gasteiger partial charge < -0.3 is 15.5 Å². The van der Waals surface area contributed by atoms with Gasteiger partial charge >= 0.3 is 11.8 Å². The summed E-state index contributed by atoms with van der Waals surface area (Å²) < 4.78 is 0. The Hall–Kier alpha value is -2.04. The number of primary amides is 1. The van der Waals surface area contributed by atoms with E-state index in [0.717, 1.165) is 37.9 Å². The standard InChI is InChI=1S/C17H23N3O2/c18-16(21)17(22)20-11-2-1-8-15(20)13-6-5-7-14(12-13)19-9-3-4-10-19/h5-7,12,15H,1-4,8-11H2,(H2,18,21). The third kappa shape index (κ3) is 2.93. The number of nitrogens with two attached hydrogens (primary N) is 1. The number of rotatable bonds is 2. The van der Waals surface area contributed by atoms with Gasteiger partial charge in [0.25, 0.3) is 0 Å². The molecular formula is C17H23N3O2. The predicted molar refractivity (Wildman–Crippen MR) is 85.4 cm³/mol. The molecule has 5 heteroatoms. The molecule has 1 unspecified atom stereocenters. The minimum atomic E-state index is -0.859. The van der Waals surface area contributed by atoms with Crippen molar-refractivity contribution >= 4 is 17.5 Å². The lowest BCUT2D eigenvalue weighted by Gasteiger charge is -2.35. The third-order valence-electron chi connectivity index (χ3n) is 4.70. The molecule has 0 aliphatic carbocycles. The van der Waals surface area contributed by atoms with Crippen LogP contribution in [-0.2, 0) is 9.59 Å². The normalized spacial score (nSPS) is 21.9. The summed E-state index contributed by atoms with van der Waals surface area (Å²) in [6.07, 6.45) is 5.37. The lowest BCUT2D eigenvalue weighted by molar-refractivity contribution is -0.146. The molecule has 2 heterocycles. The molecule has 1 aromatic rings. The lowest BCUT2D eigenvalue weighted by Crippen LogP contribution is -2.44. The van der Waals surface area contributed by atoms with Crippen molar-refractivity contribution in [2.75, 3.05) is 24.5 Å². The summed E-state index contributed by atoms with van der Waals surface area (Å²) in [5.74, 6) is -1.42. The maximum atomic E-state index is 12.1. The zero-order valence-electron chi connectivity index (χ0n) is 12.8. The zero-order valence-corrected chi connectivity index (χ0v) is 12.8. The number of hydrogen-bond acceptors (Lipinski definition) is 3. The van der Waals surface area contributed by atoms with Gasteiger partial charge in [0.05, 0.1) is 6.04 Å². The number of benzene rings is 1. The SMILES string of the molecule is NC(=O)C(=O)N1CCCCC1c1cccc(N2CCCC2)c1. The van der Waals surface area contributed by atoms with Gasteiger partial charge in [-0.1, -0.05) is 12.1 Å². The number of likely N-dealkylation sites (tertiary alicyclic amines) is 1. The highest BCUT2D eigenvalue weighted by Crippen LogP contribution is 2.33. The molecule has 2 saturated heterocycles. The Morgan fingerprint density at radius 3 is 2.50 bits per heavy atom. The second-order valence-electron chi connectivity index (χ2n) is 6.16. The van der Waals surface area contributed by atoms with Crippen molar-refractivity contribution in [1.29, 1.82) is 0 Å². The molecule has 1 aromatic carbocycles. The van der Waals surface area contributed by atoms with Crippen molar-refractivity contribution in [3.05, 3.63) is 29.8 Å². The highest BCUT2D eigenvalue weighted by Gasteiger charge is 2.30. The maximum Gasteiger partial charge on any atom is 0.312 e. The molecule has 0 spiro atoms. The van der Waals surface area contributed by atoms with Crippen LogP contribution in [0, 0.1) is 0 Å². The summed E-state index contributed by atoms with van der Waals surface area (Å²) in [4.78, 5) is 27.4. The average molecular weight is 301 g/mol. The Kier molecular flexibility index (Phi) is 4.32. The summed E-state index contributed by atoms with van der Waals surface area (Å²) in [6.45, 7) is 2.80. The van der Waals surface area contributed by atoms with Gasteiger partial charge in [-0.15, -0.1) is 0 Å². The van der Waals surface area contributed by atoms with E-state index in [9.17, 15) is 9.59 Å². The van der Waals surface area contributed by atoms with Crippen molar-refractivity contribution in [3.8, 4) is 0 Å². The van der Waals surface area contributed by atoms with Gasteiger partial charge in [0, 0.05) is 25.3 Å². The van der Waals surface area contributed by atoms with Crippen LogP contribution in [-0.4, -0.2) is 36.3 Å². The third-order valence-corrected chi connectivity index (χ3v) is 4.70. The first-order valence-electron chi connectivity index (χ1n) is 8.12. The van der Waals surface area contributed by atoms with Crippen molar-refractivity contribution in [3.63, 3.8) is 0 Å². The van der Waals surface area contributed by atoms with Crippen LogP contribution < -0.4 is 10.6 Å². The first-order chi connectivity index (χ1) is 10.7. The van der Waals surface area contributed by atoms with Crippen LogP contribution in [0.1, 0.15) is 43.7 Å². The number of amides is 2. The van der Waals surface area contributed by atoms with E-state index in [1.807, 2.05) is 6.07 Å². The Labute approximate surface area is 131 Å². The zero-order chi connectivity index (χ0) is 15.5. The highest BCUT2D eigenvalue weighted by molar-refractivity contribution is 6.34. The van der Waals surface area contributed by atoms with Gasteiger partial charge in [0.15, 0.2) is 0 Å². The maximum absolute atomic E-state index is 12.1. The number of piperidine rings is 1. The Morgan fingerprint density at radius 1 is 1.05 bits per heavy atom. The van der Waals surface area contributed by atoms with Gasteiger partial charge in [0.1, 0.15) is 0 Å². The van der Waals surface area contributed by atoms with E-state index in [0.29, 0.717) is 6.54 Å². The molecule has 118 valence electrons. The number of nitrogens with zero attached hydrogens (tertiary/aromatic N) is 2. The highest BCUT2D eigenvalue weighted by atomic mass is 16.2. The minimum absolute atomic E-state index is 0.0312. The molecule has 0 radical (unpaired) electrons. The van der Waals surface area contributed by atoms with Crippen LogP contribution in [0.2, 0.25) is 0 Å². The van der Waals surface area contributed by atoms with Crippen LogP contribution in [0.5, 0.6) is 0 Å². The van der Waals surface area contributed by atoms with Crippen LogP contribution >= 0.6 is 0 Å². The van der Waals surface area contributed by atoms with E-state index < -0.39 is 11.8 Å². The Morgan fingerprint density at radius 2 is 1.77 bits per heavy atom. The average Bonchev–Trinajstić information content (AvgIpc) is 3.09. The molecule has 22 heavy (non-hydrogen) atoms. The lowest BCUT2D eigenvalue weighted by atomic mass is 9.94. The van der Waals surface area contributed by atoms with Gasteiger partial charge in [-0.3, -0.25) is 9.59 Å². The van der Waals surface area contributed by atoms with Crippen LogP contribution in [0.25, 0.3) is 0 Å². The topological polar surface area (TPSA) is 66.6 Å². The fourth-order valence-electron chi connectivity index (χ4n) is 3.57. The fourth-order valence-corrected chi connectivity index (χ4v) is 3.57. The number of carbonyl (C=O) groups is 2. The smallest absolute Gasteiger partial charge is 0.312 e. The number of hydrogen-bond donors (Lipinski definition) is 1.